The number of aliphatic hydroxyl groups excluding tert-OH is 1. The maximum Gasteiger partial charge on any atom is 0.149 e. The Morgan fingerprint density at radius 1 is 1.39 bits per heavy atom. The fourth-order valence-electron chi connectivity index (χ4n) is 2.21. The second-order valence-corrected chi connectivity index (χ2v) is 4.55. The molecule has 0 bridgehead atoms. The van der Waals surface area contributed by atoms with Crippen LogP contribution in [0.25, 0.3) is 0 Å². The molecule has 1 unspecified atom stereocenters. The molecule has 1 N–H and O–H groups in total. The Bertz CT molecular complexity index is 402. The van der Waals surface area contributed by atoms with Crippen molar-refractivity contribution in [3.05, 3.63) is 29.3 Å². The summed E-state index contributed by atoms with van der Waals surface area (Å²) in [6.45, 7) is 3.16. The summed E-state index contributed by atoms with van der Waals surface area (Å²) in [6, 6.07) is 2.35. The molecule has 1 heterocycles. The van der Waals surface area contributed by atoms with E-state index in [0.717, 1.165) is 6.42 Å². The predicted molar refractivity (Wildman–Crippen MR) is 64.5 cm³/mol. The van der Waals surface area contributed by atoms with E-state index in [2.05, 4.69) is 0 Å². The highest BCUT2D eigenvalue weighted by Crippen LogP contribution is 2.26. The topological polar surface area (TPSA) is 32.7 Å². The maximum absolute atomic E-state index is 13.9. The van der Waals surface area contributed by atoms with Crippen molar-refractivity contribution in [3.63, 3.8) is 0 Å². The van der Waals surface area contributed by atoms with Crippen LogP contribution in [0.3, 0.4) is 0 Å². The van der Waals surface area contributed by atoms with Crippen molar-refractivity contribution in [2.24, 2.45) is 0 Å². The molecule has 1 aliphatic rings. The van der Waals surface area contributed by atoms with E-state index in [4.69, 9.17) is 9.84 Å². The van der Waals surface area contributed by atoms with E-state index in [1.165, 1.54) is 12.1 Å². The van der Waals surface area contributed by atoms with Crippen molar-refractivity contribution in [1.82, 2.24) is 0 Å². The van der Waals surface area contributed by atoms with Gasteiger partial charge in [0.2, 0.25) is 0 Å². The Labute approximate surface area is 105 Å². The summed E-state index contributed by atoms with van der Waals surface area (Å²) in [5.41, 5.74) is 0.220. The molecule has 0 radical (unpaired) electrons. The molecule has 1 aliphatic heterocycles. The molecule has 2 rings (SSSR count). The highest BCUT2D eigenvalue weighted by atomic mass is 19.1. The van der Waals surface area contributed by atoms with Crippen LogP contribution < -0.4 is 4.90 Å². The first-order chi connectivity index (χ1) is 8.61. The van der Waals surface area contributed by atoms with Crippen LogP contribution in [-0.2, 0) is 11.3 Å². The van der Waals surface area contributed by atoms with Crippen molar-refractivity contribution in [2.45, 2.75) is 26.1 Å². The van der Waals surface area contributed by atoms with E-state index < -0.39 is 11.6 Å². The van der Waals surface area contributed by atoms with Gasteiger partial charge in [-0.2, -0.15) is 0 Å². The van der Waals surface area contributed by atoms with E-state index in [1.807, 2.05) is 6.92 Å². The van der Waals surface area contributed by atoms with Crippen molar-refractivity contribution in [1.29, 1.82) is 0 Å². The fourth-order valence-corrected chi connectivity index (χ4v) is 2.21. The zero-order valence-corrected chi connectivity index (χ0v) is 10.3. The lowest BCUT2D eigenvalue weighted by Crippen LogP contribution is -2.31. The van der Waals surface area contributed by atoms with E-state index in [-0.39, 0.29) is 24.0 Å². The third kappa shape index (κ3) is 2.79. The number of rotatable bonds is 2. The molecule has 0 amide bonds. The van der Waals surface area contributed by atoms with E-state index in [0.29, 0.717) is 19.7 Å². The third-order valence-corrected chi connectivity index (χ3v) is 3.03. The van der Waals surface area contributed by atoms with Crippen LogP contribution in [0.4, 0.5) is 14.5 Å². The van der Waals surface area contributed by atoms with Gasteiger partial charge in [0, 0.05) is 19.7 Å². The molecule has 0 spiro atoms. The van der Waals surface area contributed by atoms with Gasteiger partial charge in [-0.3, -0.25) is 0 Å². The molecule has 1 atom stereocenters. The smallest absolute Gasteiger partial charge is 0.149 e. The first-order valence-corrected chi connectivity index (χ1v) is 6.07. The minimum Gasteiger partial charge on any atom is -0.392 e. The summed E-state index contributed by atoms with van der Waals surface area (Å²) in [5, 5.41) is 8.91. The maximum atomic E-state index is 13.9. The summed E-state index contributed by atoms with van der Waals surface area (Å²) in [4.78, 5) is 1.67. The monoisotopic (exact) mass is 257 g/mol. The van der Waals surface area contributed by atoms with Gasteiger partial charge in [-0.1, -0.05) is 0 Å². The first kappa shape index (κ1) is 13.2. The minimum absolute atomic E-state index is 0.0236. The molecule has 5 heteroatoms. The zero-order valence-electron chi connectivity index (χ0n) is 10.3. The lowest BCUT2D eigenvalue weighted by molar-refractivity contribution is 0.0820. The largest absolute Gasteiger partial charge is 0.392 e. The number of benzene rings is 1. The SMILES string of the molecule is CC1CN(c2c(F)cc(CO)cc2F)CCCO1. The summed E-state index contributed by atoms with van der Waals surface area (Å²) in [6.07, 6.45) is 0.689. The number of hydrogen-bond donors (Lipinski definition) is 1. The van der Waals surface area contributed by atoms with Gasteiger partial charge in [0.25, 0.3) is 0 Å². The minimum atomic E-state index is -0.631. The van der Waals surface area contributed by atoms with Gasteiger partial charge in [-0.05, 0) is 31.0 Å². The third-order valence-electron chi connectivity index (χ3n) is 3.03. The van der Waals surface area contributed by atoms with Gasteiger partial charge in [-0.15, -0.1) is 0 Å². The van der Waals surface area contributed by atoms with Crippen LogP contribution in [0.5, 0.6) is 0 Å². The van der Waals surface area contributed by atoms with E-state index in [1.54, 1.807) is 4.90 Å². The average Bonchev–Trinajstić information content (AvgIpc) is 2.53. The number of nitrogens with zero attached hydrogens (tertiary/aromatic N) is 1. The molecule has 0 aromatic heterocycles. The quantitative estimate of drug-likeness (QED) is 0.880. The zero-order chi connectivity index (χ0) is 13.1. The summed E-state index contributed by atoms with van der Waals surface area (Å²) in [7, 11) is 0. The van der Waals surface area contributed by atoms with Gasteiger partial charge in [0.1, 0.15) is 17.3 Å². The summed E-state index contributed by atoms with van der Waals surface area (Å²) in [5.74, 6) is -1.26. The average molecular weight is 257 g/mol. The van der Waals surface area contributed by atoms with Crippen molar-refractivity contribution in [3.8, 4) is 0 Å². The van der Waals surface area contributed by atoms with Crippen LogP contribution in [0, 0.1) is 11.6 Å². The number of halogens is 2. The standard InChI is InChI=1S/C13H17F2NO2/c1-9-7-16(3-2-4-18-9)13-11(14)5-10(8-17)6-12(13)15/h5-6,9,17H,2-4,7-8H2,1H3. The van der Waals surface area contributed by atoms with Crippen molar-refractivity contribution in [2.75, 3.05) is 24.6 Å². The molecule has 1 fully saturated rings. The Hall–Kier alpha value is -1.20. The molecule has 1 saturated heterocycles. The molecule has 3 nitrogen and oxygen atoms in total. The van der Waals surface area contributed by atoms with Gasteiger partial charge < -0.3 is 14.7 Å². The molecule has 100 valence electrons. The van der Waals surface area contributed by atoms with Crippen molar-refractivity contribution < 1.29 is 18.6 Å². The first-order valence-electron chi connectivity index (χ1n) is 6.07. The van der Waals surface area contributed by atoms with Crippen molar-refractivity contribution >= 4 is 5.69 Å². The highest BCUT2D eigenvalue weighted by Gasteiger charge is 2.22. The number of aliphatic hydroxyl groups is 1. The second-order valence-electron chi connectivity index (χ2n) is 4.55. The summed E-state index contributed by atoms with van der Waals surface area (Å²) >= 11 is 0. The van der Waals surface area contributed by atoms with E-state index >= 15 is 0 Å². The molecule has 1 aromatic carbocycles. The van der Waals surface area contributed by atoms with Crippen LogP contribution in [0.15, 0.2) is 12.1 Å². The van der Waals surface area contributed by atoms with Gasteiger partial charge >= 0.3 is 0 Å². The number of anilines is 1. The van der Waals surface area contributed by atoms with Crippen LogP contribution in [-0.4, -0.2) is 30.9 Å². The van der Waals surface area contributed by atoms with Gasteiger partial charge in [0.15, 0.2) is 0 Å². The summed E-state index contributed by atoms with van der Waals surface area (Å²) < 4.78 is 33.3. The molecule has 18 heavy (non-hydrogen) atoms. The second kappa shape index (κ2) is 5.63. The number of ether oxygens (including phenoxy) is 1. The van der Waals surface area contributed by atoms with E-state index in [9.17, 15) is 8.78 Å². The van der Waals surface area contributed by atoms with Gasteiger partial charge in [0.05, 0.1) is 12.7 Å². The predicted octanol–water partition coefficient (Wildman–Crippen LogP) is 2.07. The molecule has 0 saturated carbocycles. The molecular weight excluding hydrogens is 240 g/mol. The van der Waals surface area contributed by atoms with Crippen LogP contribution in [0.1, 0.15) is 18.9 Å². The van der Waals surface area contributed by atoms with Crippen LogP contribution in [0.2, 0.25) is 0 Å². The fraction of sp³-hybridized carbons (Fsp3) is 0.538. The highest BCUT2D eigenvalue weighted by molar-refractivity contribution is 5.51. The molecule has 0 aliphatic carbocycles. The number of hydrogen-bond acceptors (Lipinski definition) is 3. The van der Waals surface area contributed by atoms with Gasteiger partial charge in [-0.25, -0.2) is 8.78 Å². The normalized spacial score (nSPS) is 20.9. The molecule has 1 aromatic rings. The Morgan fingerprint density at radius 3 is 2.67 bits per heavy atom. The Morgan fingerprint density at radius 2 is 2.06 bits per heavy atom. The molecular formula is C13H17F2NO2. The lowest BCUT2D eigenvalue weighted by Gasteiger charge is -2.25. The Balaban J connectivity index is 2.31. The van der Waals surface area contributed by atoms with Crippen LogP contribution >= 0.6 is 0 Å². The Kier molecular flexibility index (Phi) is 4.14. The lowest BCUT2D eigenvalue weighted by atomic mass is 10.1.